The van der Waals surface area contributed by atoms with Gasteiger partial charge >= 0.3 is 5.76 Å². The van der Waals surface area contributed by atoms with Crippen molar-refractivity contribution >= 4 is 38.6 Å². The normalized spacial score (nSPS) is 11.8. The van der Waals surface area contributed by atoms with Crippen molar-refractivity contribution in [1.29, 1.82) is 0 Å². The number of hydrogen-bond donors (Lipinski definition) is 2. The van der Waals surface area contributed by atoms with Gasteiger partial charge in [-0.25, -0.2) is 13.2 Å². The summed E-state index contributed by atoms with van der Waals surface area (Å²) in [6.45, 7) is -0.186. The molecule has 0 aliphatic rings. The van der Waals surface area contributed by atoms with Gasteiger partial charge in [0.15, 0.2) is 5.58 Å². The molecule has 8 nitrogen and oxygen atoms in total. The summed E-state index contributed by atoms with van der Waals surface area (Å²) in [6.07, 6.45) is 0. The molecule has 27 heavy (non-hydrogen) atoms. The molecule has 1 amide bonds. The van der Waals surface area contributed by atoms with Crippen LogP contribution in [-0.4, -0.2) is 37.2 Å². The molecule has 3 rings (SSSR count). The molecule has 10 heteroatoms. The maximum absolute atomic E-state index is 12.6. The third kappa shape index (κ3) is 4.21. The fourth-order valence-corrected chi connectivity index (χ4v) is 3.79. The number of H-pyrrole nitrogens is 1. The number of hydrogen-bond acceptors (Lipinski definition) is 5. The minimum atomic E-state index is -3.94. The van der Waals surface area contributed by atoms with Crippen LogP contribution in [0.2, 0.25) is 5.02 Å². The van der Waals surface area contributed by atoms with Gasteiger partial charge in [-0.1, -0.05) is 29.8 Å². The van der Waals surface area contributed by atoms with Gasteiger partial charge in [0.2, 0.25) is 15.9 Å². The van der Waals surface area contributed by atoms with Gasteiger partial charge in [-0.05, 0) is 23.8 Å². The van der Waals surface area contributed by atoms with Crippen LogP contribution in [0.3, 0.4) is 0 Å². The van der Waals surface area contributed by atoms with Crippen molar-refractivity contribution in [2.45, 2.75) is 11.4 Å². The maximum Gasteiger partial charge on any atom is 0.417 e. The average Bonchev–Trinajstić information content (AvgIpc) is 3.00. The quantitative estimate of drug-likeness (QED) is 0.643. The Hall–Kier alpha value is -2.62. The number of nitrogens with zero attached hydrogens (tertiary/aromatic N) is 1. The van der Waals surface area contributed by atoms with E-state index in [0.717, 1.165) is 9.87 Å². The number of fused-ring (bicyclic) bond motifs is 1. The average molecular weight is 410 g/mol. The van der Waals surface area contributed by atoms with Gasteiger partial charge in [-0.15, -0.1) is 0 Å². The van der Waals surface area contributed by atoms with Crippen molar-refractivity contribution in [3.8, 4) is 0 Å². The lowest BCUT2D eigenvalue weighted by Crippen LogP contribution is -2.38. The van der Waals surface area contributed by atoms with Crippen LogP contribution >= 0.6 is 11.6 Å². The van der Waals surface area contributed by atoms with E-state index in [1.165, 1.54) is 25.2 Å². The van der Waals surface area contributed by atoms with Crippen LogP contribution in [0, 0.1) is 0 Å². The van der Waals surface area contributed by atoms with Crippen LogP contribution in [0.25, 0.3) is 11.1 Å². The van der Waals surface area contributed by atoms with E-state index in [9.17, 15) is 18.0 Å². The highest BCUT2D eigenvalue weighted by Gasteiger charge is 2.24. The molecule has 2 aromatic carbocycles. The zero-order valence-electron chi connectivity index (χ0n) is 14.2. The third-order valence-corrected chi connectivity index (χ3v) is 6.07. The Morgan fingerprint density at radius 2 is 2.00 bits per heavy atom. The molecule has 0 aliphatic heterocycles. The lowest BCUT2D eigenvalue weighted by atomic mass is 10.2. The largest absolute Gasteiger partial charge is 0.417 e. The second-order valence-corrected chi connectivity index (χ2v) is 8.25. The molecule has 0 radical (unpaired) electrons. The molecule has 0 aliphatic carbocycles. The molecule has 0 unspecified atom stereocenters. The Morgan fingerprint density at radius 3 is 2.74 bits per heavy atom. The van der Waals surface area contributed by atoms with Gasteiger partial charge in [0.1, 0.15) is 0 Å². The number of benzene rings is 2. The van der Waals surface area contributed by atoms with Gasteiger partial charge < -0.3 is 9.73 Å². The Bertz CT molecular complexity index is 1150. The van der Waals surface area contributed by atoms with Crippen molar-refractivity contribution in [3.05, 3.63) is 63.6 Å². The summed E-state index contributed by atoms with van der Waals surface area (Å²) in [5, 5.41) is 3.15. The molecular weight excluding hydrogens is 394 g/mol. The topological polar surface area (TPSA) is 112 Å². The molecule has 142 valence electrons. The Balaban J connectivity index is 1.69. The standard InChI is InChI=1S/C17H16ClN3O5S/c1-21(10-16(22)19-9-11-4-2-3-5-13(11)18)27(24,25)12-6-7-14-15(8-12)26-17(23)20-14/h2-8H,9-10H2,1H3,(H,19,22)(H,20,23). The number of oxazole rings is 1. The molecule has 0 spiro atoms. The van der Waals surface area contributed by atoms with E-state index < -0.39 is 21.7 Å². The first-order valence-electron chi connectivity index (χ1n) is 7.86. The lowest BCUT2D eigenvalue weighted by molar-refractivity contribution is -0.121. The van der Waals surface area contributed by atoms with Crippen LogP contribution < -0.4 is 11.1 Å². The van der Waals surface area contributed by atoms with Crippen LogP contribution in [0.1, 0.15) is 5.56 Å². The Labute approximate surface area is 159 Å². The SMILES string of the molecule is CN(CC(=O)NCc1ccccc1Cl)S(=O)(=O)c1ccc2[nH]c(=O)oc2c1. The molecule has 0 atom stereocenters. The van der Waals surface area contributed by atoms with Gasteiger partial charge in [0, 0.05) is 24.7 Å². The summed E-state index contributed by atoms with van der Waals surface area (Å²) in [6, 6.07) is 11.0. The zero-order valence-corrected chi connectivity index (χ0v) is 15.8. The van der Waals surface area contributed by atoms with E-state index >= 15 is 0 Å². The number of carbonyl (C=O) groups excluding carboxylic acids is 1. The summed E-state index contributed by atoms with van der Waals surface area (Å²) in [5.74, 6) is -1.15. The van der Waals surface area contributed by atoms with Crippen molar-refractivity contribution in [2.24, 2.45) is 0 Å². The van der Waals surface area contributed by atoms with Crippen molar-refractivity contribution in [1.82, 2.24) is 14.6 Å². The molecule has 1 heterocycles. The van der Waals surface area contributed by atoms with Crippen molar-refractivity contribution in [3.63, 3.8) is 0 Å². The first kappa shape index (κ1) is 19.2. The van der Waals surface area contributed by atoms with Gasteiger partial charge in [-0.3, -0.25) is 9.78 Å². The van der Waals surface area contributed by atoms with E-state index in [4.69, 9.17) is 16.0 Å². The smallest absolute Gasteiger partial charge is 0.408 e. The van der Waals surface area contributed by atoms with Crippen LogP contribution in [0.4, 0.5) is 0 Å². The summed E-state index contributed by atoms with van der Waals surface area (Å²) < 4.78 is 31.1. The zero-order chi connectivity index (χ0) is 19.6. The fraction of sp³-hybridized carbons (Fsp3) is 0.176. The van der Waals surface area contributed by atoms with Crippen LogP contribution in [0.15, 0.2) is 56.6 Å². The van der Waals surface area contributed by atoms with Crippen LogP contribution in [0.5, 0.6) is 0 Å². The van der Waals surface area contributed by atoms with Gasteiger partial charge in [0.25, 0.3) is 0 Å². The fourth-order valence-electron chi connectivity index (χ4n) is 2.44. The third-order valence-electron chi connectivity index (χ3n) is 3.90. The summed E-state index contributed by atoms with van der Waals surface area (Å²) in [7, 11) is -2.64. The molecule has 0 saturated heterocycles. The van der Waals surface area contributed by atoms with Crippen molar-refractivity contribution in [2.75, 3.05) is 13.6 Å². The number of carbonyl (C=O) groups is 1. The van der Waals surface area contributed by atoms with Crippen molar-refractivity contribution < 1.29 is 17.6 Å². The molecule has 0 saturated carbocycles. The van der Waals surface area contributed by atoms with Gasteiger partial charge in [-0.2, -0.15) is 4.31 Å². The molecule has 3 aromatic rings. The summed E-state index contributed by atoms with van der Waals surface area (Å²) >= 11 is 6.02. The number of amides is 1. The monoisotopic (exact) mass is 409 g/mol. The number of nitrogens with one attached hydrogen (secondary N) is 2. The molecule has 1 aromatic heterocycles. The number of sulfonamides is 1. The predicted octanol–water partition coefficient (Wildman–Crippen LogP) is 1.71. The minimum absolute atomic E-state index is 0.0841. The minimum Gasteiger partial charge on any atom is -0.408 e. The summed E-state index contributed by atoms with van der Waals surface area (Å²) in [5.41, 5.74) is 1.24. The predicted molar refractivity (Wildman–Crippen MR) is 99.9 cm³/mol. The second kappa shape index (κ2) is 7.55. The Morgan fingerprint density at radius 1 is 1.26 bits per heavy atom. The number of rotatable bonds is 6. The second-order valence-electron chi connectivity index (χ2n) is 5.80. The van der Waals surface area contributed by atoms with E-state index in [1.807, 2.05) is 0 Å². The maximum atomic E-state index is 12.6. The number of halogens is 1. The van der Waals surface area contributed by atoms with Gasteiger partial charge in [0.05, 0.1) is 17.0 Å². The Kier molecular flexibility index (Phi) is 5.36. The van der Waals surface area contributed by atoms with E-state index in [2.05, 4.69) is 10.3 Å². The van der Waals surface area contributed by atoms with E-state index in [1.54, 1.807) is 24.3 Å². The number of aromatic nitrogens is 1. The highest BCUT2D eigenvalue weighted by Crippen LogP contribution is 2.19. The first-order valence-corrected chi connectivity index (χ1v) is 9.68. The summed E-state index contributed by atoms with van der Waals surface area (Å²) in [4.78, 5) is 25.6. The highest BCUT2D eigenvalue weighted by atomic mass is 35.5. The number of aromatic amines is 1. The molecule has 0 fully saturated rings. The van der Waals surface area contributed by atoms with Crippen LogP contribution in [-0.2, 0) is 21.4 Å². The molecule has 2 N–H and O–H groups in total. The lowest BCUT2D eigenvalue weighted by Gasteiger charge is -2.17. The highest BCUT2D eigenvalue weighted by molar-refractivity contribution is 7.89. The first-order chi connectivity index (χ1) is 12.8. The number of likely N-dealkylation sites (N-methyl/N-ethyl adjacent to an activating group) is 1. The molecular formula is C17H16ClN3O5S. The van der Waals surface area contributed by atoms with E-state index in [-0.39, 0.29) is 23.6 Å². The molecule has 0 bridgehead atoms. The van der Waals surface area contributed by atoms with E-state index in [0.29, 0.717) is 10.5 Å².